The summed E-state index contributed by atoms with van der Waals surface area (Å²) in [4.78, 5) is 37.5. The summed E-state index contributed by atoms with van der Waals surface area (Å²) in [6, 6.07) is 61.7. The number of rotatable bonds is 35. The first-order valence-corrected chi connectivity index (χ1v) is 36.3. The highest BCUT2D eigenvalue weighted by molar-refractivity contribution is 5.93. The van der Waals surface area contributed by atoms with E-state index in [1.165, 1.54) is 118 Å². The van der Waals surface area contributed by atoms with Gasteiger partial charge in [0.2, 0.25) is 0 Å². The molecule has 0 amide bonds. The van der Waals surface area contributed by atoms with Crippen molar-refractivity contribution in [3.8, 4) is 50.6 Å². The van der Waals surface area contributed by atoms with Crippen LogP contribution in [0.15, 0.2) is 200 Å². The van der Waals surface area contributed by atoms with E-state index in [9.17, 15) is 27.6 Å². The molecule has 0 aliphatic carbocycles. The minimum absolute atomic E-state index is 0.0285. The second-order valence-electron chi connectivity index (χ2n) is 25.9. The van der Waals surface area contributed by atoms with Gasteiger partial charge in [0.1, 0.15) is 0 Å². The third kappa shape index (κ3) is 26.2. The maximum absolute atomic E-state index is 14.4. The highest BCUT2D eigenvalue weighted by Gasteiger charge is 2.17. The third-order valence-corrected chi connectivity index (χ3v) is 17.8. The SMILES string of the molecule is CCCCCCCCc1ccc(-c2ccc(C(=O)Oc3ccc(CCCCC)cc3F)cc2)cc1.CCCCCCCCc1ccc(-c2ccc(C(=O)Oc3ccc(CCCCC)cc3F)cc2)cc1.CCCCCc1ccc(OC(=O)c2ccc(-c3ccc(C)cc3)cc2)c(F)c1. The van der Waals surface area contributed by atoms with E-state index < -0.39 is 35.4 Å². The van der Waals surface area contributed by atoms with E-state index >= 15 is 0 Å². The lowest BCUT2D eigenvalue weighted by atomic mass is 10.00. The number of unbranched alkanes of at least 4 members (excludes halogenated alkanes) is 16. The lowest BCUT2D eigenvalue weighted by Gasteiger charge is -2.09. The molecule has 0 heterocycles. The summed E-state index contributed by atoms with van der Waals surface area (Å²) in [5, 5.41) is 0. The average Bonchev–Trinajstić information content (AvgIpc) is 0.871. The van der Waals surface area contributed by atoms with Gasteiger partial charge in [0.25, 0.3) is 0 Å². The van der Waals surface area contributed by atoms with Crippen molar-refractivity contribution >= 4 is 17.9 Å². The molecule has 0 unspecified atom stereocenters. The van der Waals surface area contributed by atoms with Crippen molar-refractivity contribution in [1.29, 1.82) is 0 Å². The second kappa shape index (κ2) is 42.8. The molecule has 9 heteroatoms. The number of aryl methyl sites for hydroxylation is 6. The van der Waals surface area contributed by atoms with Crippen molar-refractivity contribution in [3.05, 3.63) is 268 Å². The van der Waals surface area contributed by atoms with Gasteiger partial charge in [-0.2, -0.15) is 0 Å². The molecule has 0 saturated heterocycles. The molecule has 0 atom stereocenters. The minimum Gasteiger partial charge on any atom is -0.420 e. The van der Waals surface area contributed by atoms with Gasteiger partial charge in [-0.25, -0.2) is 27.6 Å². The van der Waals surface area contributed by atoms with Gasteiger partial charge in [-0.1, -0.05) is 270 Å². The Bertz CT molecular complexity index is 3630. The van der Waals surface area contributed by atoms with Crippen LogP contribution >= 0.6 is 0 Å². The highest BCUT2D eigenvalue weighted by atomic mass is 19.1. The molecule has 0 spiro atoms. The summed E-state index contributed by atoms with van der Waals surface area (Å²) >= 11 is 0. The van der Waals surface area contributed by atoms with Gasteiger partial charge in [0.05, 0.1) is 16.7 Å². The van der Waals surface area contributed by atoms with E-state index in [0.29, 0.717) is 16.7 Å². The van der Waals surface area contributed by atoms with Crippen molar-refractivity contribution < 1.29 is 41.8 Å². The Morgan fingerprint density at radius 3 is 0.724 bits per heavy atom. The normalized spacial score (nSPS) is 10.9. The fraction of sp³-hybridized carbons (Fsp3) is 0.360. The van der Waals surface area contributed by atoms with Crippen LogP contribution in [0.25, 0.3) is 33.4 Å². The first-order chi connectivity index (χ1) is 47.8. The molecule has 516 valence electrons. The molecule has 0 aromatic heterocycles. The van der Waals surface area contributed by atoms with Crippen molar-refractivity contribution in [2.75, 3.05) is 0 Å². The largest absolute Gasteiger partial charge is 0.420 e. The molecule has 0 radical (unpaired) electrons. The Hall–Kier alpha value is -8.82. The molecule has 9 aromatic carbocycles. The Labute approximate surface area is 583 Å². The lowest BCUT2D eigenvalue weighted by Crippen LogP contribution is -2.09. The van der Waals surface area contributed by atoms with E-state index in [1.54, 1.807) is 48.5 Å². The number of hydrogen-bond donors (Lipinski definition) is 0. The molecule has 9 aromatic rings. The maximum Gasteiger partial charge on any atom is 0.343 e. The summed E-state index contributed by atoms with van der Waals surface area (Å²) in [6.45, 7) is 13.0. The summed E-state index contributed by atoms with van der Waals surface area (Å²) in [5.41, 5.74) is 14.3. The number of halogens is 3. The lowest BCUT2D eigenvalue weighted by molar-refractivity contribution is 0.0718. The standard InChI is InChI=1S/2C32H39FO2.C25H25FO2/c2*1-3-5-7-8-9-11-12-25-14-17-27(18-15-25)28-19-21-29(22-20-28)32(34)35-31-23-16-26(24-30(31)33)13-10-6-4-2;1-3-4-5-6-19-9-16-24(23(26)17-19)28-25(27)22-14-12-21(13-15-22)20-10-7-18(2)8-11-20/h2*14-24H,3-13H2,1-2H3;7-17H,3-6H2,1-2H3. The first kappa shape index (κ1) is 76.5. The van der Waals surface area contributed by atoms with Gasteiger partial charge < -0.3 is 14.2 Å². The van der Waals surface area contributed by atoms with Crippen LogP contribution < -0.4 is 14.2 Å². The number of benzene rings is 9. The van der Waals surface area contributed by atoms with Crippen LogP contribution in [0.5, 0.6) is 17.2 Å². The van der Waals surface area contributed by atoms with Crippen molar-refractivity contribution in [3.63, 3.8) is 0 Å². The Morgan fingerprint density at radius 2 is 0.459 bits per heavy atom. The number of ether oxygens (including phenoxy) is 3. The Balaban J connectivity index is 0.000000208. The Kier molecular flexibility index (Phi) is 33.4. The van der Waals surface area contributed by atoms with E-state index in [4.69, 9.17) is 14.2 Å². The predicted molar refractivity (Wildman–Crippen MR) is 398 cm³/mol. The summed E-state index contributed by atoms with van der Waals surface area (Å²) < 4.78 is 59.0. The number of esters is 3. The number of carbonyl (C=O) groups excluding carboxylic acids is 3. The quantitative estimate of drug-likeness (QED) is 0.0224. The fourth-order valence-corrected chi connectivity index (χ4v) is 11.7. The average molecular weight is 1330 g/mol. The molecular weight excluding hydrogens is 1220 g/mol. The monoisotopic (exact) mass is 1320 g/mol. The van der Waals surface area contributed by atoms with Gasteiger partial charge in [-0.05, 0) is 205 Å². The fourth-order valence-electron chi connectivity index (χ4n) is 11.7. The summed E-state index contributed by atoms with van der Waals surface area (Å²) in [6.07, 6.45) is 30.3. The summed E-state index contributed by atoms with van der Waals surface area (Å²) in [5.74, 6) is -3.25. The van der Waals surface area contributed by atoms with E-state index in [2.05, 4.69) is 83.1 Å². The summed E-state index contributed by atoms with van der Waals surface area (Å²) in [7, 11) is 0. The van der Waals surface area contributed by atoms with Gasteiger partial charge in [-0.3, -0.25) is 0 Å². The highest BCUT2D eigenvalue weighted by Crippen LogP contribution is 2.29. The number of hydrogen-bond acceptors (Lipinski definition) is 6. The predicted octanol–water partition coefficient (Wildman–Crippen LogP) is 25.4. The van der Waals surface area contributed by atoms with Crippen LogP contribution in [-0.4, -0.2) is 17.9 Å². The maximum atomic E-state index is 14.4. The molecule has 0 saturated carbocycles. The zero-order chi connectivity index (χ0) is 69.7. The molecule has 0 N–H and O–H groups in total. The van der Waals surface area contributed by atoms with Crippen LogP contribution in [0, 0.1) is 24.4 Å². The molecule has 0 aliphatic heterocycles. The molecule has 0 bridgehead atoms. The topological polar surface area (TPSA) is 78.9 Å². The molecular formula is C89H103F3O6. The first-order valence-electron chi connectivity index (χ1n) is 36.3. The van der Waals surface area contributed by atoms with Crippen LogP contribution in [0.4, 0.5) is 13.2 Å². The Morgan fingerprint density at radius 1 is 0.255 bits per heavy atom. The van der Waals surface area contributed by atoms with Crippen LogP contribution in [-0.2, 0) is 32.1 Å². The zero-order valence-electron chi connectivity index (χ0n) is 59.0. The van der Waals surface area contributed by atoms with Gasteiger partial charge in [0, 0.05) is 0 Å². The van der Waals surface area contributed by atoms with E-state index in [-0.39, 0.29) is 17.2 Å². The van der Waals surface area contributed by atoms with Crippen molar-refractivity contribution in [1.82, 2.24) is 0 Å². The molecule has 9 rings (SSSR count). The second-order valence-corrected chi connectivity index (χ2v) is 25.9. The van der Waals surface area contributed by atoms with Crippen LogP contribution in [0.2, 0.25) is 0 Å². The van der Waals surface area contributed by atoms with Gasteiger partial charge >= 0.3 is 17.9 Å². The minimum atomic E-state index is -0.562. The van der Waals surface area contributed by atoms with Gasteiger partial charge in [-0.15, -0.1) is 0 Å². The zero-order valence-corrected chi connectivity index (χ0v) is 59.0. The van der Waals surface area contributed by atoms with E-state index in [1.807, 2.05) is 85.8 Å². The molecule has 0 fully saturated rings. The van der Waals surface area contributed by atoms with Crippen LogP contribution in [0.3, 0.4) is 0 Å². The smallest absolute Gasteiger partial charge is 0.343 e. The molecule has 98 heavy (non-hydrogen) atoms. The molecule has 6 nitrogen and oxygen atoms in total. The van der Waals surface area contributed by atoms with E-state index in [0.717, 1.165) is 140 Å². The molecule has 0 aliphatic rings. The van der Waals surface area contributed by atoms with Gasteiger partial charge in [0.15, 0.2) is 34.7 Å². The van der Waals surface area contributed by atoms with Crippen molar-refractivity contribution in [2.24, 2.45) is 0 Å². The third-order valence-electron chi connectivity index (χ3n) is 17.8. The van der Waals surface area contributed by atoms with Crippen molar-refractivity contribution in [2.45, 2.75) is 208 Å². The number of carbonyl (C=O) groups is 3. The van der Waals surface area contributed by atoms with Crippen LogP contribution in [0.1, 0.15) is 234 Å².